The Morgan fingerprint density at radius 1 is 1.19 bits per heavy atom. The van der Waals surface area contributed by atoms with Gasteiger partial charge >= 0.3 is 0 Å². The van der Waals surface area contributed by atoms with Gasteiger partial charge in [0, 0.05) is 15.6 Å². The first-order valence-corrected chi connectivity index (χ1v) is 7.57. The van der Waals surface area contributed by atoms with Gasteiger partial charge in [-0.1, -0.05) is 28.1 Å². The lowest BCUT2D eigenvalue weighted by Crippen LogP contribution is -2.10. The normalized spacial score (nSPS) is 10.2. The summed E-state index contributed by atoms with van der Waals surface area (Å²) >= 11 is 8.44. The highest BCUT2D eigenvalue weighted by atomic mass is 79.9. The average Bonchev–Trinajstić information content (AvgIpc) is 2.46. The lowest BCUT2D eigenvalue weighted by atomic mass is 10.1. The van der Waals surface area contributed by atoms with E-state index in [2.05, 4.69) is 15.9 Å². The molecule has 0 aliphatic heterocycles. The van der Waals surface area contributed by atoms with E-state index in [4.69, 9.17) is 27.4 Å². The minimum absolute atomic E-state index is 0.360. The van der Waals surface area contributed by atoms with Crippen LogP contribution >= 0.6 is 28.1 Å². The van der Waals surface area contributed by atoms with Crippen molar-refractivity contribution in [1.29, 1.82) is 0 Å². The van der Waals surface area contributed by atoms with Crippen molar-refractivity contribution in [2.75, 3.05) is 7.11 Å². The fourth-order valence-electron chi connectivity index (χ4n) is 1.97. The molecule has 2 aromatic carbocycles. The third-order valence-electron chi connectivity index (χ3n) is 3.09. The number of aryl methyl sites for hydroxylation is 1. The van der Waals surface area contributed by atoms with Crippen molar-refractivity contribution in [2.45, 2.75) is 13.5 Å². The highest BCUT2D eigenvalue weighted by Gasteiger charge is 2.08. The molecule has 0 atom stereocenters. The molecule has 0 saturated carbocycles. The zero-order valence-corrected chi connectivity index (χ0v) is 14.3. The molecule has 0 fully saturated rings. The Bertz CT molecular complexity index is 673. The maximum Gasteiger partial charge on any atom is 0.125 e. The summed E-state index contributed by atoms with van der Waals surface area (Å²) in [4.78, 5) is 0.360. The second-order valence-corrected chi connectivity index (χ2v) is 5.94. The number of halogens is 1. The van der Waals surface area contributed by atoms with Crippen LogP contribution in [0.25, 0.3) is 0 Å². The number of thiocarbonyl (C=S) groups is 1. The summed E-state index contributed by atoms with van der Waals surface area (Å²) < 4.78 is 12.2. The fourth-order valence-corrected chi connectivity index (χ4v) is 2.58. The minimum Gasteiger partial charge on any atom is -0.496 e. The van der Waals surface area contributed by atoms with Gasteiger partial charge in [-0.2, -0.15) is 0 Å². The van der Waals surface area contributed by atoms with Crippen LogP contribution in [-0.2, 0) is 6.61 Å². The van der Waals surface area contributed by atoms with Gasteiger partial charge in [-0.05, 0) is 48.9 Å². The predicted molar refractivity (Wildman–Crippen MR) is 92.1 cm³/mol. The Morgan fingerprint density at radius 2 is 1.90 bits per heavy atom. The summed E-state index contributed by atoms with van der Waals surface area (Å²) in [5.74, 6) is 1.59. The molecule has 110 valence electrons. The van der Waals surface area contributed by atoms with E-state index < -0.39 is 0 Å². The van der Waals surface area contributed by atoms with Crippen LogP contribution in [0, 0.1) is 6.92 Å². The van der Waals surface area contributed by atoms with Crippen molar-refractivity contribution in [3.05, 3.63) is 57.6 Å². The average molecular weight is 366 g/mol. The summed E-state index contributed by atoms with van der Waals surface area (Å²) in [6.45, 7) is 2.39. The molecule has 0 radical (unpaired) electrons. The molecule has 2 N–H and O–H groups in total. The topological polar surface area (TPSA) is 44.5 Å². The molecule has 0 aliphatic rings. The second kappa shape index (κ2) is 6.91. The SMILES string of the molecule is COc1ccc(C(N)=S)cc1COc1ccc(Br)cc1C. The highest BCUT2D eigenvalue weighted by molar-refractivity contribution is 9.10. The van der Waals surface area contributed by atoms with E-state index in [0.29, 0.717) is 11.6 Å². The molecule has 3 nitrogen and oxygen atoms in total. The van der Waals surface area contributed by atoms with Gasteiger partial charge in [0.05, 0.1) is 7.11 Å². The molecule has 5 heteroatoms. The molecule has 0 spiro atoms. The van der Waals surface area contributed by atoms with E-state index in [1.165, 1.54) is 0 Å². The van der Waals surface area contributed by atoms with E-state index in [9.17, 15) is 0 Å². The minimum atomic E-state index is 0.360. The van der Waals surface area contributed by atoms with Crippen LogP contribution in [0.5, 0.6) is 11.5 Å². The molecule has 2 aromatic rings. The number of nitrogens with two attached hydrogens (primary N) is 1. The monoisotopic (exact) mass is 365 g/mol. The first-order valence-electron chi connectivity index (χ1n) is 6.37. The van der Waals surface area contributed by atoms with E-state index in [0.717, 1.165) is 32.7 Å². The first-order chi connectivity index (χ1) is 10.0. The summed E-state index contributed by atoms with van der Waals surface area (Å²) in [6, 6.07) is 11.5. The lowest BCUT2D eigenvalue weighted by Gasteiger charge is -2.13. The summed E-state index contributed by atoms with van der Waals surface area (Å²) in [5, 5.41) is 0. The molecular weight excluding hydrogens is 350 g/mol. The highest BCUT2D eigenvalue weighted by Crippen LogP contribution is 2.26. The van der Waals surface area contributed by atoms with E-state index in [1.807, 2.05) is 43.3 Å². The maximum atomic E-state index is 5.87. The Hall–Kier alpha value is -1.59. The number of rotatable bonds is 5. The van der Waals surface area contributed by atoms with Gasteiger partial charge in [0.2, 0.25) is 0 Å². The van der Waals surface area contributed by atoms with Gasteiger partial charge in [0.15, 0.2) is 0 Å². The zero-order chi connectivity index (χ0) is 15.4. The van der Waals surface area contributed by atoms with E-state index >= 15 is 0 Å². The number of hydrogen-bond donors (Lipinski definition) is 1. The van der Waals surface area contributed by atoms with Crippen molar-refractivity contribution in [2.24, 2.45) is 5.73 Å². The van der Waals surface area contributed by atoms with Crippen molar-refractivity contribution in [3.8, 4) is 11.5 Å². The summed E-state index contributed by atoms with van der Waals surface area (Å²) in [6.07, 6.45) is 0. The molecule has 0 unspecified atom stereocenters. The molecule has 21 heavy (non-hydrogen) atoms. The van der Waals surface area contributed by atoms with Crippen molar-refractivity contribution in [3.63, 3.8) is 0 Å². The van der Waals surface area contributed by atoms with Crippen LogP contribution in [0.4, 0.5) is 0 Å². The van der Waals surface area contributed by atoms with Crippen molar-refractivity contribution in [1.82, 2.24) is 0 Å². The smallest absolute Gasteiger partial charge is 0.125 e. The Labute approximate surface area is 138 Å². The van der Waals surface area contributed by atoms with Crippen LogP contribution in [0.2, 0.25) is 0 Å². The van der Waals surface area contributed by atoms with E-state index in [1.54, 1.807) is 7.11 Å². The quantitative estimate of drug-likeness (QED) is 0.813. The Morgan fingerprint density at radius 3 is 2.52 bits per heavy atom. The fraction of sp³-hybridized carbons (Fsp3) is 0.188. The molecule has 0 heterocycles. The summed E-state index contributed by atoms with van der Waals surface area (Å²) in [5.41, 5.74) is 8.44. The molecule has 0 saturated heterocycles. The lowest BCUT2D eigenvalue weighted by molar-refractivity contribution is 0.295. The number of hydrogen-bond acceptors (Lipinski definition) is 3. The van der Waals surface area contributed by atoms with Crippen molar-refractivity contribution >= 4 is 33.1 Å². The molecule has 0 amide bonds. The standard InChI is InChI=1S/C16H16BrNO2S/c1-10-7-13(17)4-6-14(10)20-9-12-8-11(16(18)21)3-5-15(12)19-2/h3-8H,9H2,1-2H3,(H2,18,21). The number of ether oxygens (including phenoxy) is 2. The van der Waals surface area contributed by atoms with Crippen LogP contribution in [0.15, 0.2) is 40.9 Å². The first kappa shape index (κ1) is 15.8. The van der Waals surface area contributed by atoms with Crippen LogP contribution in [-0.4, -0.2) is 12.1 Å². The molecular formula is C16H16BrNO2S. The molecule has 2 rings (SSSR count). The number of benzene rings is 2. The van der Waals surface area contributed by atoms with Gasteiger partial charge in [-0.25, -0.2) is 0 Å². The Balaban J connectivity index is 2.22. The second-order valence-electron chi connectivity index (χ2n) is 4.59. The van der Waals surface area contributed by atoms with Gasteiger partial charge < -0.3 is 15.2 Å². The Kier molecular flexibility index (Phi) is 5.20. The molecule has 0 aromatic heterocycles. The molecule has 0 aliphatic carbocycles. The zero-order valence-electron chi connectivity index (χ0n) is 11.9. The third-order valence-corrected chi connectivity index (χ3v) is 3.81. The third kappa shape index (κ3) is 3.95. The van der Waals surface area contributed by atoms with Crippen molar-refractivity contribution < 1.29 is 9.47 Å². The van der Waals surface area contributed by atoms with Crippen LogP contribution in [0.1, 0.15) is 16.7 Å². The summed E-state index contributed by atoms with van der Waals surface area (Å²) in [7, 11) is 1.63. The van der Waals surface area contributed by atoms with E-state index in [-0.39, 0.29) is 0 Å². The van der Waals surface area contributed by atoms with Gasteiger partial charge in [0.25, 0.3) is 0 Å². The number of methoxy groups -OCH3 is 1. The van der Waals surface area contributed by atoms with Gasteiger partial charge in [-0.3, -0.25) is 0 Å². The molecule has 0 bridgehead atoms. The van der Waals surface area contributed by atoms with Crippen LogP contribution < -0.4 is 15.2 Å². The maximum absolute atomic E-state index is 5.87. The van der Waals surface area contributed by atoms with Gasteiger partial charge in [0.1, 0.15) is 23.1 Å². The largest absolute Gasteiger partial charge is 0.496 e. The van der Waals surface area contributed by atoms with Gasteiger partial charge in [-0.15, -0.1) is 0 Å². The van der Waals surface area contributed by atoms with Crippen LogP contribution in [0.3, 0.4) is 0 Å². The predicted octanol–water partition coefficient (Wildman–Crippen LogP) is 3.98.